The van der Waals surface area contributed by atoms with E-state index < -0.39 is 4.92 Å². The molecule has 0 saturated heterocycles. The average molecular weight is 397 g/mol. The molecule has 5 nitrogen and oxygen atoms in total. The Labute approximate surface area is 135 Å². The topological polar surface area (TPSA) is 69.4 Å². The fourth-order valence-electron chi connectivity index (χ4n) is 1.84. The van der Waals surface area contributed by atoms with Crippen molar-refractivity contribution in [1.29, 1.82) is 0 Å². The second-order valence-electron chi connectivity index (χ2n) is 4.41. The molecule has 0 bridgehead atoms. The Morgan fingerprint density at radius 3 is 2.67 bits per heavy atom. The van der Waals surface area contributed by atoms with E-state index in [1.807, 2.05) is 24.3 Å². The highest BCUT2D eigenvalue weighted by Crippen LogP contribution is 2.25. The van der Waals surface area contributed by atoms with E-state index in [9.17, 15) is 14.9 Å². The van der Waals surface area contributed by atoms with Crippen LogP contribution in [0.5, 0.6) is 5.75 Å². The Bertz CT molecular complexity index is 700. The van der Waals surface area contributed by atoms with Crippen molar-refractivity contribution >= 4 is 34.1 Å². The van der Waals surface area contributed by atoms with Crippen LogP contribution < -0.4 is 4.74 Å². The predicted octanol–water partition coefficient (Wildman–Crippen LogP) is 3.98. The summed E-state index contributed by atoms with van der Waals surface area (Å²) in [5, 5.41) is 11.0. The summed E-state index contributed by atoms with van der Waals surface area (Å²) in [5.74, 6) is 0.0245. The maximum atomic E-state index is 11.4. The fraction of sp³-hybridized carbons (Fsp3) is 0.133. The molecule has 0 spiro atoms. The maximum Gasteiger partial charge on any atom is 0.283 e. The summed E-state index contributed by atoms with van der Waals surface area (Å²) >= 11 is 2.20. The molecule has 0 amide bonds. The number of hydrogen-bond acceptors (Lipinski definition) is 4. The lowest BCUT2D eigenvalue weighted by molar-refractivity contribution is -0.385. The highest BCUT2D eigenvalue weighted by Gasteiger charge is 2.18. The molecule has 21 heavy (non-hydrogen) atoms. The van der Waals surface area contributed by atoms with Gasteiger partial charge in [-0.25, -0.2) is 0 Å². The van der Waals surface area contributed by atoms with E-state index in [0.29, 0.717) is 12.4 Å². The molecule has 0 aliphatic carbocycles. The minimum Gasteiger partial charge on any atom is -0.489 e. The number of nitro groups is 1. The number of carbonyl (C=O) groups excluding carboxylic acids is 1. The Hall–Kier alpha value is -1.96. The molecule has 0 aliphatic rings. The Kier molecular flexibility index (Phi) is 4.89. The number of Topliss-reactive ketones (excluding diaryl/α,β-unsaturated/α-hetero) is 1. The molecule has 0 N–H and O–H groups in total. The highest BCUT2D eigenvalue weighted by atomic mass is 127. The number of ether oxygens (including phenoxy) is 1. The molecule has 0 unspecified atom stereocenters. The summed E-state index contributed by atoms with van der Waals surface area (Å²) in [7, 11) is 0. The molecule has 6 heteroatoms. The number of halogens is 1. The van der Waals surface area contributed by atoms with E-state index in [1.165, 1.54) is 19.1 Å². The number of carbonyl (C=O) groups is 1. The number of ketones is 1. The summed E-state index contributed by atoms with van der Waals surface area (Å²) in [6.07, 6.45) is 0. The number of benzene rings is 2. The Morgan fingerprint density at radius 2 is 2.05 bits per heavy atom. The fourth-order valence-corrected chi connectivity index (χ4v) is 2.45. The van der Waals surface area contributed by atoms with E-state index in [0.717, 1.165) is 9.13 Å². The van der Waals surface area contributed by atoms with Gasteiger partial charge in [0.2, 0.25) is 0 Å². The number of nitro benzene ring substituents is 1. The van der Waals surface area contributed by atoms with E-state index in [-0.39, 0.29) is 17.0 Å². The van der Waals surface area contributed by atoms with Crippen molar-refractivity contribution in [3.63, 3.8) is 0 Å². The van der Waals surface area contributed by atoms with Crippen LogP contribution in [0.15, 0.2) is 42.5 Å². The lowest BCUT2D eigenvalue weighted by Crippen LogP contribution is -2.02. The lowest BCUT2D eigenvalue weighted by Gasteiger charge is -2.07. The van der Waals surface area contributed by atoms with Gasteiger partial charge >= 0.3 is 0 Å². The molecule has 0 saturated carbocycles. The van der Waals surface area contributed by atoms with Gasteiger partial charge in [0.25, 0.3) is 5.69 Å². The quantitative estimate of drug-likeness (QED) is 0.331. The smallest absolute Gasteiger partial charge is 0.283 e. The Morgan fingerprint density at radius 1 is 1.29 bits per heavy atom. The van der Waals surface area contributed by atoms with Crippen LogP contribution in [0.4, 0.5) is 5.69 Å². The predicted molar refractivity (Wildman–Crippen MR) is 86.6 cm³/mol. The van der Waals surface area contributed by atoms with Gasteiger partial charge in [0.15, 0.2) is 5.78 Å². The molecular weight excluding hydrogens is 385 g/mol. The van der Waals surface area contributed by atoms with Gasteiger partial charge in [0, 0.05) is 3.57 Å². The van der Waals surface area contributed by atoms with Crippen molar-refractivity contribution in [2.24, 2.45) is 0 Å². The Balaban J connectivity index is 2.19. The van der Waals surface area contributed by atoms with Crippen LogP contribution in [0.25, 0.3) is 0 Å². The molecule has 108 valence electrons. The maximum absolute atomic E-state index is 11.4. The van der Waals surface area contributed by atoms with E-state index in [4.69, 9.17) is 4.74 Å². The largest absolute Gasteiger partial charge is 0.489 e. The van der Waals surface area contributed by atoms with Crippen LogP contribution in [0, 0.1) is 13.7 Å². The van der Waals surface area contributed by atoms with Crippen LogP contribution in [0.1, 0.15) is 22.8 Å². The summed E-state index contributed by atoms with van der Waals surface area (Å²) in [6, 6.07) is 12.0. The van der Waals surface area contributed by atoms with Crippen molar-refractivity contribution in [2.75, 3.05) is 0 Å². The van der Waals surface area contributed by atoms with Crippen molar-refractivity contribution in [3.05, 3.63) is 67.3 Å². The third-order valence-corrected chi connectivity index (χ3v) is 3.51. The van der Waals surface area contributed by atoms with Crippen molar-refractivity contribution < 1.29 is 14.5 Å². The minimum atomic E-state index is -0.574. The second kappa shape index (κ2) is 6.66. The van der Waals surface area contributed by atoms with Crippen molar-refractivity contribution in [2.45, 2.75) is 13.5 Å². The third kappa shape index (κ3) is 4.01. The molecule has 2 aromatic rings. The molecule has 0 radical (unpaired) electrons. The van der Waals surface area contributed by atoms with Crippen molar-refractivity contribution in [3.8, 4) is 5.75 Å². The zero-order valence-electron chi connectivity index (χ0n) is 11.2. The van der Waals surface area contributed by atoms with Crippen LogP contribution in [0.2, 0.25) is 0 Å². The zero-order valence-corrected chi connectivity index (χ0v) is 13.4. The second-order valence-corrected chi connectivity index (χ2v) is 5.66. The van der Waals surface area contributed by atoms with Crippen molar-refractivity contribution in [1.82, 2.24) is 0 Å². The first kappa shape index (κ1) is 15.4. The summed E-state index contributed by atoms with van der Waals surface area (Å²) < 4.78 is 6.64. The number of nitrogens with zero attached hydrogens (tertiary/aromatic N) is 1. The molecule has 0 heterocycles. The standard InChI is InChI=1S/C15H12INO4/c1-10(18)14-6-5-13(8-15(14)17(19)20)21-9-11-3-2-4-12(16)7-11/h2-8H,9H2,1H3. The molecule has 2 rings (SSSR count). The molecule has 0 atom stereocenters. The van der Waals surface area contributed by atoms with Gasteiger partial charge in [-0.05, 0) is 59.3 Å². The third-order valence-electron chi connectivity index (χ3n) is 2.84. The summed E-state index contributed by atoms with van der Waals surface area (Å²) in [5.41, 5.74) is 0.824. The van der Waals surface area contributed by atoms with E-state index in [2.05, 4.69) is 22.6 Å². The molecular formula is C15H12INO4. The summed E-state index contributed by atoms with van der Waals surface area (Å²) in [6.45, 7) is 1.61. The minimum absolute atomic E-state index is 0.0848. The van der Waals surface area contributed by atoms with Gasteiger partial charge < -0.3 is 4.74 Å². The SMILES string of the molecule is CC(=O)c1ccc(OCc2cccc(I)c2)cc1[N+](=O)[O-]. The normalized spacial score (nSPS) is 10.2. The first-order valence-electron chi connectivity index (χ1n) is 6.14. The van der Waals surface area contributed by atoms with Crippen LogP contribution in [0.3, 0.4) is 0 Å². The molecule has 0 fully saturated rings. The van der Waals surface area contributed by atoms with Gasteiger partial charge in [-0.15, -0.1) is 0 Å². The molecule has 0 aliphatic heterocycles. The van der Waals surface area contributed by atoms with Crippen LogP contribution in [-0.4, -0.2) is 10.7 Å². The van der Waals surface area contributed by atoms with E-state index in [1.54, 1.807) is 6.07 Å². The first-order chi connectivity index (χ1) is 9.97. The zero-order chi connectivity index (χ0) is 15.4. The van der Waals surface area contributed by atoms with Gasteiger partial charge in [0.1, 0.15) is 12.4 Å². The highest BCUT2D eigenvalue weighted by molar-refractivity contribution is 14.1. The van der Waals surface area contributed by atoms with Crippen LogP contribution in [-0.2, 0) is 6.61 Å². The first-order valence-corrected chi connectivity index (χ1v) is 7.22. The average Bonchev–Trinajstić information content (AvgIpc) is 2.44. The number of rotatable bonds is 5. The lowest BCUT2D eigenvalue weighted by atomic mass is 10.1. The van der Waals surface area contributed by atoms with Gasteiger partial charge in [-0.3, -0.25) is 14.9 Å². The van der Waals surface area contributed by atoms with Crippen LogP contribution >= 0.6 is 22.6 Å². The van der Waals surface area contributed by atoms with E-state index >= 15 is 0 Å². The molecule has 0 aromatic heterocycles. The van der Waals surface area contributed by atoms with Gasteiger partial charge in [0.05, 0.1) is 16.6 Å². The monoisotopic (exact) mass is 397 g/mol. The van der Waals surface area contributed by atoms with Gasteiger partial charge in [-0.2, -0.15) is 0 Å². The van der Waals surface area contributed by atoms with Gasteiger partial charge in [-0.1, -0.05) is 12.1 Å². The summed E-state index contributed by atoms with van der Waals surface area (Å²) in [4.78, 5) is 21.8. The number of hydrogen-bond donors (Lipinski definition) is 0. The molecule has 2 aromatic carbocycles.